The summed E-state index contributed by atoms with van der Waals surface area (Å²) in [5.41, 5.74) is 7.09. The lowest BCUT2D eigenvalue weighted by Crippen LogP contribution is -2.28. The number of aromatic nitrogens is 2. The van der Waals surface area contributed by atoms with Gasteiger partial charge in [0.25, 0.3) is 5.91 Å². The molecule has 4 rings (SSSR count). The number of hydrazine groups is 1. The zero-order valence-corrected chi connectivity index (χ0v) is 21.0. The maximum atomic E-state index is 12.4. The highest BCUT2D eigenvalue weighted by Gasteiger charge is 2.12. The Morgan fingerprint density at radius 2 is 1.66 bits per heavy atom. The van der Waals surface area contributed by atoms with Crippen molar-refractivity contribution in [3.8, 4) is 23.1 Å². The number of nitrogens with one attached hydrogen (secondary N) is 1. The first-order chi connectivity index (χ1) is 18.4. The van der Waals surface area contributed by atoms with Crippen LogP contribution in [0.3, 0.4) is 0 Å². The smallest absolute Gasteiger partial charge is 0.305 e. The molecule has 9 nitrogen and oxygen atoms in total. The number of nitrogens with two attached hydrogens (primary N) is 1. The number of amides is 1. The maximum Gasteiger partial charge on any atom is 0.305 e. The van der Waals surface area contributed by atoms with E-state index in [1.54, 1.807) is 62.9 Å². The van der Waals surface area contributed by atoms with Gasteiger partial charge in [0.05, 0.1) is 17.6 Å². The number of carboxylic acid groups (broad SMARTS) is 1. The summed E-state index contributed by atoms with van der Waals surface area (Å²) in [6, 6.07) is 18.0. The van der Waals surface area contributed by atoms with Crippen LogP contribution in [0.5, 0.6) is 0 Å². The molecule has 0 saturated heterocycles. The topological polar surface area (TPSA) is 139 Å². The Morgan fingerprint density at radius 3 is 2.24 bits per heavy atom. The maximum absolute atomic E-state index is 12.4. The second-order valence-electron chi connectivity index (χ2n) is 8.17. The van der Waals surface area contributed by atoms with Gasteiger partial charge in [-0.15, -0.1) is 0 Å². The summed E-state index contributed by atoms with van der Waals surface area (Å²) in [7, 11) is 3.23. The number of rotatable bonds is 6. The van der Waals surface area contributed by atoms with Gasteiger partial charge in [-0.25, -0.2) is 4.98 Å². The highest BCUT2D eigenvalue weighted by Crippen LogP contribution is 2.23. The minimum atomic E-state index is -0.944. The van der Waals surface area contributed by atoms with E-state index in [1.807, 2.05) is 24.3 Å². The van der Waals surface area contributed by atoms with Crippen molar-refractivity contribution < 1.29 is 19.5 Å². The SMILES string of the molecule is CN(CCC(=O)O)C(=O)c1ccc(C#Cc2ccc(-c3cc(C=O)c4cnccc4n3)cc2)cc1.CNN. The Balaban J connectivity index is 0.00000127. The minimum absolute atomic E-state index is 0.1000. The van der Waals surface area contributed by atoms with Crippen LogP contribution in [0.2, 0.25) is 0 Å². The molecule has 1 amide bonds. The third kappa shape index (κ3) is 7.30. The Labute approximate surface area is 220 Å². The van der Waals surface area contributed by atoms with Gasteiger partial charge in [-0.2, -0.15) is 0 Å². The van der Waals surface area contributed by atoms with Crippen molar-refractivity contribution in [3.05, 3.63) is 95.3 Å². The fraction of sp³-hybridized carbons (Fsp3) is 0.138. The lowest BCUT2D eigenvalue weighted by molar-refractivity contribution is -0.137. The van der Waals surface area contributed by atoms with Gasteiger partial charge in [0.2, 0.25) is 0 Å². The van der Waals surface area contributed by atoms with E-state index < -0.39 is 5.97 Å². The zero-order chi connectivity index (χ0) is 27.5. The van der Waals surface area contributed by atoms with Crippen LogP contribution in [-0.2, 0) is 4.79 Å². The van der Waals surface area contributed by atoms with E-state index in [0.29, 0.717) is 27.7 Å². The molecule has 0 radical (unpaired) electrons. The number of nitrogens with zero attached hydrogens (tertiary/aromatic N) is 3. The Hall–Kier alpha value is -4.91. The summed E-state index contributed by atoms with van der Waals surface area (Å²) >= 11 is 0. The summed E-state index contributed by atoms with van der Waals surface area (Å²) in [6.45, 7) is 0.147. The molecule has 192 valence electrons. The van der Waals surface area contributed by atoms with Gasteiger partial charge in [0, 0.05) is 59.2 Å². The van der Waals surface area contributed by atoms with Crippen LogP contribution in [0.15, 0.2) is 73.1 Å². The molecule has 0 spiro atoms. The van der Waals surface area contributed by atoms with Crippen LogP contribution in [0.1, 0.15) is 38.3 Å². The van der Waals surface area contributed by atoms with E-state index in [1.165, 1.54) is 4.90 Å². The highest BCUT2D eigenvalue weighted by molar-refractivity contribution is 5.97. The zero-order valence-electron chi connectivity index (χ0n) is 21.0. The van der Waals surface area contributed by atoms with E-state index >= 15 is 0 Å². The van der Waals surface area contributed by atoms with Gasteiger partial charge in [0.15, 0.2) is 6.29 Å². The lowest BCUT2D eigenvalue weighted by Gasteiger charge is -2.15. The van der Waals surface area contributed by atoms with Gasteiger partial charge < -0.3 is 10.0 Å². The molecule has 2 aromatic heterocycles. The second kappa shape index (κ2) is 13.4. The van der Waals surface area contributed by atoms with Crippen LogP contribution in [0.25, 0.3) is 22.2 Å². The molecule has 4 N–H and O–H groups in total. The fourth-order valence-electron chi connectivity index (χ4n) is 3.49. The number of aliphatic carboxylic acids is 1. The van der Waals surface area contributed by atoms with E-state index in [4.69, 9.17) is 5.11 Å². The number of carbonyl (C=O) groups is 3. The standard InChI is InChI=1S/C28H21N3O4.CH6N2/c1-31(15-13-27(33)34)28(35)22-10-6-20(7-11-22)3-2-19-4-8-21(9-5-19)26-16-23(18-32)24-17-29-14-12-25(24)30-26;1-3-2/h4-12,14,16-18H,13,15H2,1H3,(H,33,34);3H,2H2,1H3. The molecule has 0 unspecified atom stereocenters. The first kappa shape index (κ1) is 27.7. The largest absolute Gasteiger partial charge is 0.481 e. The molecule has 0 saturated carbocycles. The number of fused-ring (bicyclic) bond motifs is 1. The van der Waals surface area contributed by atoms with Crippen LogP contribution in [-0.4, -0.2) is 58.8 Å². The number of hydrogen-bond donors (Lipinski definition) is 3. The summed E-state index contributed by atoms with van der Waals surface area (Å²) in [5.74, 6) is 9.59. The van der Waals surface area contributed by atoms with Crippen molar-refractivity contribution in [2.24, 2.45) is 5.84 Å². The van der Waals surface area contributed by atoms with E-state index in [9.17, 15) is 14.4 Å². The van der Waals surface area contributed by atoms with Crippen molar-refractivity contribution in [2.45, 2.75) is 6.42 Å². The van der Waals surface area contributed by atoms with Gasteiger partial charge in [-0.1, -0.05) is 24.0 Å². The van der Waals surface area contributed by atoms with E-state index in [2.05, 4.69) is 33.1 Å². The number of pyridine rings is 2. The van der Waals surface area contributed by atoms with Crippen LogP contribution < -0.4 is 11.3 Å². The molecule has 0 aliphatic rings. The highest BCUT2D eigenvalue weighted by atomic mass is 16.4. The van der Waals surface area contributed by atoms with Crippen molar-refractivity contribution >= 4 is 29.1 Å². The van der Waals surface area contributed by atoms with Crippen LogP contribution in [0, 0.1) is 11.8 Å². The van der Waals surface area contributed by atoms with Crippen molar-refractivity contribution in [2.75, 3.05) is 20.6 Å². The summed E-state index contributed by atoms with van der Waals surface area (Å²) in [5, 5.41) is 9.48. The lowest BCUT2D eigenvalue weighted by atomic mass is 10.0. The predicted octanol–water partition coefficient (Wildman–Crippen LogP) is 3.14. The van der Waals surface area contributed by atoms with Gasteiger partial charge in [-0.3, -0.25) is 30.6 Å². The Morgan fingerprint density at radius 1 is 1.05 bits per heavy atom. The monoisotopic (exact) mass is 509 g/mol. The average molecular weight is 510 g/mol. The van der Waals surface area contributed by atoms with E-state index in [-0.39, 0.29) is 18.9 Å². The number of carboxylic acids is 1. The van der Waals surface area contributed by atoms with Crippen LogP contribution >= 0.6 is 0 Å². The molecular formula is C29H27N5O4. The van der Waals surface area contributed by atoms with Gasteiger partial charge >= 0.3 is 5.97 Å². The van der Waals surface area contributed by atoms with Crippen LogP contribution in [0.4, 0.5) is 0 Å². The third-order valence-electron chi connectivity index (χ3n) is 5.44. The van der Waals surface area contributed by atoms with E-state index in [0.717, 1.165) is 23.0 Å². The van der Waals surface area contributed by atoms with Crippen molar-refractivity contribution in [3.63, 3.8) is 0 Å². The number of hydrogen-bond acceptors (Lipinski definition) is 7. The molecule has 4 aromatic rings. The van der Waals surface area contributed by atoms with Gasteiger partial charge in [0.1, 0.15) is 0 Å². The molecule has 0 aliphatic heterocycles. The molecule has 9 heteroatoms. The summed E-state index contributed by atoms with van der Waals surface area (Å²) in [4.78, 5) is 44.7. The molecule has 0 aliphatic carbocycles. The summed E-state index contributed by atoms with van der Waals surface area (Å²) < 4.78 is 0. The van der Waals surface area contributed by atoms with Gasteiger partial charge in [-0.05, 0) is 55.6 Å². The molecule has 0 bridgehead atoms. The first-order valence-corrected chi connectivity index (χ1v) is 11.6. The number of benzene rings is 2. The molecule has 2 aromatic carbocycles. The first-order valence-electron chi connectivity index (χ1n) is 11.6. The third-order valence-corrected chi connectivity index (χ3v) is 5.44. The van der Waals surface area contributed by atoms with Crippen molar-refractivity contribution in [1.82, 2.24) is 20.3 Å². The molecule has 2 heterocycles. The molecule has 0 atom stereocenters. The number of carbonyl (C=O) groups excluding carboxylic acids is 2. The Kier molecular flexibility index (Phi) is 9.77. The van der Waals surface area contributed by atoms with Crippen molar-refractivity contribution in [1.29, 1.82) is 0 Å². The number of aldehydes is 1. The quantitative estimate of drug-likeness (QED) is 0.156. The molecule has 0 fully saturated rings. The normalized spacial score (nSPS) is 9.97. The minimum Gasteiger partial charge on any atom is -0.481 e. The fourth-order valence-corrected chi connectivity index (χ4v) is 3.49. The average Bonchev–Trinajstić information content (AvgIpc) is 2.94. The molecule has 38 heavy (non-hydrogen) atoms. The molecular weight excluding hydrogens is 482 g/mol. The second-order valence-corrected chi connectivity index (χ2v) is 8.17. The Bertz CT molecular complexity index is 1490. The predicted molar refractivity (Wildman–Crippen MR) is 145 cm³/mol. The summed E-state index contributed by atoms with van der Waals surface area (Å²) in [6.07, 6.45) is 3.99.